The monoisotopic (exact) mass is 299 g/mol. The van der Waals surface area contributed by atoms with Crippen LogP contribution in [0.4, 0.5) is 4.79 Å². The number of ether oxygens (including phenoxy) is 2. The maximum atomic E-state index is 12.2. The zero-order chi connectivity index (χ0) is 16.4. The lowest BCUT2D eigenvalue weighted by Crippen LogP contribution is -2.53. The lowest BCUT2D eigenvalue weighted by Gasteiger charge is -2.36. The van der Waals surface area contributed by atoms with Gasteiger partial charge >= 0.3 is 12.1 Å². The van der Waals surface area contributed by atoms with Gasteiger partial charge in [0.1, 0.15) is 23.0 Å². The number of hydrogen-bond acceptors (Lipinski definition) is 5. The van der Waals surface area contributed by atoms with Crippen molar-refractivity contribution in [2.45, 2.75) is 71.6 Å². The molecular formula is C15H25NO5. The topological polar surface area (TPSA) is 72.9 Å². The van der Waals surface area contributed by atoms with Crippen LogP contribution in [0.3, 0.4) is 0 Å². The number of hydrogen-bond donors (Lipinski definition) is 0. The van der Waals surface area contributed by atoms with Crippen LogP contribution in [-0.4, -0.2) is 46.5 Å². The number of amides is 1. The minimum atomic E-state index is -0.902. The van der Waals surface area contributed by atoms with E-state index in [4.69, 9.17) is 9.47 Å². The maximum absolute atomic E-state index is 12.2. The molecule has 1 amide bonds. The van der Waals surface area contributed by atoms with Gasteiger partial charge in [-0.05, 0) is 41.5 Å². The molecule has 0 aromatic rings. The Morgan fingerprint density at radius 2 is 1.57 bits per heavy atom. The van der Waals surface area contributed by atoms with Crippen molar-refractivity contribution in [2.24, 2.45) is 0 Å². The summed E-state index contributed by atoms with van der Waals surface area (Å²) in [6.45, 7) is 10.7. The van der Waals surface area contributed by atoms with E-state index in [0.29, 0.717) is 0 Å². The highest BCUT2D eigenvalue weighted by Crippen LogP contribution is 2.21. The SMILES string of the molecule is CC(C)(C)OC(=O)[C@@H]1CC(=O)CCN1C(=O)OC(C)(C)C. The molecule has 120 valence electrons. The molecule has 0 aliphatic carbocycles. The first-order valence-corrected chi connectivity index (χ1v) is 7.13. The first-order valence-electron chi connectivity index (χ1n) is 7.13. The summed E-state index contributed by atoms with van der Waals surface area (Å²) < 4.78 is 10.6. The largest absolute Gasteiger partial charge is 0.458 e. The highest BCUT2D eigenvalue weighted by atomic mass is 16.6. The molecule has 1 aliphatic heterocycles. The number of esters is 1. The number of ketones is 1. The van der Waals surface area contributed by atoms with Gasteiger partial charge < -0.3 is 9.47 Å². The maximum Gasteiger partial charge on any atom is 0.411 e. The highest BCUT2D eigenvalue weighted by Gasteiger charge is 2.39. The van der Waals surface area contributed by atoms with Crippen molar-refractivity contribution in [2.75, 3.05) is 6.54 Å². The molecule has 1 aliphatic rings. The lowest BCUT2D eigenvalue weighted by atomic mass is 10.0. The second kappa shape index (κ2) is 6.03. The van der Waals surface area contributed by atoms with Gasteiger partial charge in [0.15, 0.2) is 0 Å². The molecule has 0 aromatic heterocycles. The Labute approximate surface area is 125 Å². The summed E-state index contributed by atoms with van der Waals surface area (Å²) in [7, 11) is 0. The summed E-state index contributed by atoms with van der Waals surface area (Å²) in [5.41, 5.74) is -1.33. The summed E-state index contributed by atoms with van der Waals surface area (Å²) in [5.74, 6) is -0.618. The van der Waals surface area contributed by atoms with E-state index >= 15 is 0 Å². The number of carbonyl (C=O) groups excluding carboxylic acids is 3. The Balaban J connectivity index is 2.86. The molecule has 1 atom stereocenters. The van der Waals surface area contributed by atoms with E-state index in [1.54, 1.807) is 41.5 Å². The Bertz CT molecular complexity index is 430. The molecule has 0 unspecified atom stereocenters. The molecular weight excluding hydrogens is 274 g/mol. The van der Waals surface area contributed by atoms with Gasteiger partial charge in [-0.25, -0.2) is 9.59 Å². The van der Waals surface area contributed by atoms with Crippen LogP contribution in [0.5, 0.6) is 0 Å². The van der Waals surface area contributed by atoms with E-state index in [1.165, 1.54) is 4.90 Å². The molecule has 0 spiro atoms. The van der Waals surface area contributed by atoms with Gasteiger partial charge in [-0.1, -0.05) is 0 Å². The molecule has 1 rings (SSSR count). The molecule has 0 radical (unpaired) electrons. The number of Topliss-reactive ketones (excluding diaryl/α,β-unsaturated/α-hetero) is 1. The van der Waals surface area contributed by atoms with Gasteiger partial charge in [0.05, 0.1) is 0 Å². The fraction of sp³-hybridized carbons (Fsp3) is 0.800. The summed E-state index contributed by atoms with van der Waals surface area (Å²) >= 11 is 0. The second-order valence-corrected chi connectivity index (χ2v) is 7.22. The van der Waals surface area contributed by atoms with Gasteiger partial charge in [0.25, 0.3) is 0 Å². The summed E-state index contributed by atoms with van der Waals surface area (Å²) in [5, 5.41) is 0. The normalized spacial score (nSPS) is 20.2. The number of rotatable bonds is 1. The van der Waals surface area contributed by atoms with E-state index in [9.17, 15) is 14.4 Å². The van der Waals surface area contributed by atoms with Crippen LogP contribution in [0.1, 0.15) is 54.4 Å². The minimum absolute atomic E-state index is 0.0197. The van der Waals surface area contributed by atoms with E-state index in [2.05, 4.69) is 0 Å². The van der Waals surface area contributed by atoms with Crippen LogP contribution in [0.2, 0.25) is 0 Å². The molecule has 1 saturated heterocycles. The third kappa shape index (κ3) is 5.73. The van der Waals surface area contributed by atoms with Crippen molar-refractivity contribution in [1.29, 1.82) is 0 Å². The molecule has 1 heterocycles. The third-order valence-corrected chi connectivity index (χ3v) is 2.74. The molecule has 6 nitrogen and oxygen atoms in total. The van der Waals surface area contributed by atoms with Crippen molar-refractivity contribution in [3.8, 4) is 0 Å². The van der Waals surface area contributed by atoms with Gasteiger partial charge in [-0.2, -0.15) is 0 Å². The standard InChI is InChI=1S/C15H25NO5/c1-14(2,3)20-12(18)11-9-10(17)7-8-16(11)13(19)21-15(4,5)6/h11H,7-9H2,1-6H3/t11-/m0/s1. The Kier molecular flexibility index (Phi) is 5.02. The summed E-state index contributed by atoms with van der Waals surface area (Å²) in [6.07, 6.45) is -0.377. The second-order valence-electron chi connectivity index (χ2n) is 7.22. The lowest BCUT2D eigenvalue weighted by molar-refractivity contribution is -0.163. The van der Waals surface area contributed by atoms with Crippen LogP contribution in [0.25, 0.3) is 0 Å². The fourth-order valence-corrected chi connectivity index (χ4v) is 1.95. The van der Waals surface area contributed by atoms with Crippen LogP contribution in [0, 0.1) is 0 Å². The van der Waals surface area contributed by atoms with Crippen molar-refractivity contribution in [3.63, 3.8) is 0 Å². The molecule has 1 fully saturated rings. The van der Waals surface area contributed by atoms with Crippen LogP contribution in [-0.2, 0) is 19.1 Å². The number of piperidine rings is 1. The zero-order valence-corrected chi connectivity index (χ0v) is 13.7. The average molecular weight is 299 g/mol. The van der Waals surface area contributed by atoms with Gasteiger partial charge in [-0.15, -0.1) is 0 Å². The molecule has 6 heteroatoms. The van der Waals surface area contributed by atoms with Crippen molar-refractivity contribution < 1.29 is 23.9 Å². The Morgan fingerprint density at radius 3 is 2.05 bits per heavy atom. The highest BCUT2D eigenvalue weighted by molar-refractivity contribution is 5.91. The molecule has 0 N–H and O–H groups in total. The number of carbonyl (C=O) groups is 3. The van der Waals surface area contributed by atoms with Crippen LogP contribution in [0.15, 0.2) is 0 Å². The van der Waals surface area contributed by atoms with Gasteiger partial charge in [-0.3, -0.25) is 9.69 Å². The molecule has 21 heavy (non-hydrogen) atoms. The molecule has 0 bridgehead atoms. The Hall–Kier alpha value is -1.59. The van der Waals surface area contributed by atoms with E-state index in [0.717, 1.165) is 0 Å². The zero-order valence-electron chi connectivity index (χ0n) is 13.7. The number of nitrogens with zero attached hydrogens (tertiary/aromatic N) is 1. The van der Waals surface area contributed by atoms with Gasteiger partial charge in [0, 0.05) is 19.4 Å². The summed E-state index contributed by atoms with van der Waals surface area (Å²) in [6, 6.07) is -0.902. The van der Waals surface area contributed by atoms with Crippen molar-refractivity contribution in [1.82, 2.24) is 4.90 Å². The van der Waals surface area contributed by atoms with Crippen LogP contribution >= 0.6 is 0 Å². The van der Waals surface area contributed by atoms with Crippen molar-refractivity contribution >= 4 is 17.8 Å². The smallest absolute Gasteiger partial charge is 0.411 e. The third-order valence-electron chi connectivity index (χ3n) is 2.74. The van der Waals surface area contributed by atoms with Gasteiger partial charge in [0.2, 0.25) is 0 Å². The van der Waals surface area contributed by atoms with Crippen molar-refractivity contribution in [3.05, 3.63) is 0 Å². The van der Waals surface area contributed by atoms with E-state index < -0.39 is 29.3 Å². The summed E-state index contributed by atoms with van der Waals surface area (Å²) in [4.78, 5) is 37.3. The predicted octanol–water partition coefficient (Wildman–Crippen LogP) is 2.30. The predicted molar refractivity (Wildman–Crippen MR) is 76.8 cm³/mol. The minimum Gasteiger partial charge on any atom is -0.458 e. The quantitative estimate of drug-likeness (QED) is 0.695. The average Bonchev–Trinajstić information content (AvgIpc) is 2.23. The fourth-order valence-electron chi connectivity index (χ4n) is 1.95. The number of likely N-dealkylation sites (tertiary alicyclic amines) is 1. The van der Waals surface area contributed by atoms with E-state index in [-0.39, 0.29) is 25.2 Å². The Morgan fingerprint density at radius 1 is 1.05 bits per heavy atom. The van der Waals surface area contributed by atoms with E-state index in [1.807, 2.05) is 0 Å². The first-order chi connectivity index (χ1) is 9.39. The van der Waals surface area contributed by atoms with Crippen LogP contribution < -0.4 is 0 Å². The first kappa shape index (κ1) is 17.5. The molecule has 0 aromatic carbocycles. The molecule has 0 saturated carbocycles.